The zero-order valence-electron chi connectivity index (χ0n) is 16.1. The van der Waals surface area contributed by atoms with Gasteiger partial charge in [0.05, 0.1) is 5.60 Å². The van der Waals surface area contributed by atoms with Crippen LogP contribution in [0.3, 0.4) is 0 Å². The first-order valence-electron chi connectivity index (χ1n) is 9.39. The lowest BCUT2D eigenvalue weighted by Gasteiger charge is -2.34. The fourth-order valence-electron chi connectivity index (χ4n) is 3.56. The molecule has 0 spiro atoms. The van der Waals surface area contributed by atoms with Gasteiger partial charge in [0.1, 0.15) is 0 Å². The Bertz CT molecular complexity index is 557. The Morgan fingerprint density at radius 2 is 2.04 bits per heavy atom. The van der Waals surface area contributed by atoms with Crippen molar-refractivity contribution in [3.63, 3.8) is 0 Å². The van der Waals surface area contributed by atoms with Crippen molar-refractivity contribution in [2.45, 2.75) is 52.1 Å². The summed E-state index contributed by atoms with van der Waals surface area (Å²) >= 11 is 0. The Hall–Kier alpha value is -1.39. The molecule has 4 heteroatoms. The number of aliphatic hydroxyl groups is 1. The molecule has 4 nitrogen and oxygen atoms in total. The quantitative estimate of drug-likeness (QED) is 0.821. The second-order valence-electron chi connectivity index (χ2n) is 8.08. The Morgan fingerprint density at radius 3 is 2.64 bits per heavy atom. The lowest BCUT2D eigenvalue weighted by molar-refractivity contribution is 0.0598. The molecule has 1 aliphatic heterocycles. The van der Waals surface area contributed by atoms with Gasteiger partial charge in [0.15, 0.2) is 0 Å². The van der Waals surface area contributed by atoms with E-state index in [0.717, 1.165) is 50.1 Å². The van der Waals surface area contributed by atoms with Crippen LogP contribution in [-0.4, -0.2) is 48.3 Å². The van der Waals surface area contributed by atoms with Crippen LogP contribution in [0.25, 0.3) is 0 Å². The summed E-state index contributed by atoms with van der Waals surface area (Å²) in [5.41, 5.74) is 1.19. The van der Waals surface area contributed by atoms with Gasteiger partial charge in [-0.2, -0.15) is 0 Å². The van der Waals surface area contributed by atoms with Crippen LogP contribution in [0.5, 0.6) is 0 Å². The van der Waals surface area contributed by atoms with Crippen molar-refractivity contribution in [2.75, 3.05) is 26.8 Å². The Morgan fingerprint density at radius 1 is 1.36 bits per heavy atom. The van der Waals surface area contributed by atoms with E-state index in [0.29, 0.717) is 18.3 Å². The summed E-state index contributed by atoms with van der Waals surface area (Å²) in [5, 5.41) is 9.89. The normalized spacial score (nSPS) is 17.6. The number of rotatable bonds is 7. The summed E-state index contributed by atoms with van der Waals surface area (Å²) in [6.07, 6.45) is 3.57. The van der Waals surface area contributed by atoms with Gasteiger partial charge in [-0.3, -0.25) is 4.79 Å². The fraction of sp³-hybridized carbons (Fsp3) is 0.667. The van der Waals surface area contributed by atoms with E-state index >= 15 is 0 Å². The third kappa shape index (κ3) is 6.12. The molecule has 0 saturated carbocycles. The molecule has 1 N–H and O–H groups in total. The molecule has 1 heterocycles. The molecule has 1 atom stereocenters. The number of hydrogen-bond acceptors (Lipinski definition) is 3. The highest BCUT2D eigenvalue weighted by molar-refractivity contribution is 5.94. The molecule has 2 rings (SSSR count). The lowest BCUT2D eigenvalue weighted by atomic mass is 9.85. The van der Waals surface area contributed by atoms with Crippen molar-refractivity contribution >= 4 is 5.91 Å². The maximum atomic E-state index is 12.8. The van der Waals surface area contributed by atoms with Crippen molar-refractivity contribution < 1.29 is 14.6 Å². The Kier molecular flexibility index (Phi) is 7.03. The van der Waals surface area contributed by atoms with E-state index in [2.05, 4.69) is 6.92 Å². The van der Waals surface area contributed by atoms with E-state index in [1.807, 2.05) is 43.0 Å². The number of benzene rings is 1. The van der Waals surface area contributed by atoms with E-state index in [1.54, 1.807) is 7.11 Å². The summed E-state index contributed by atoms with van der Waals surface area (Å²) in [5.74, 6) is 1.32. The maximum Gasteiger partial charge on any atom is 0.253 e. The largest absolute Gasteiger partial charge is 0.390 e. The van der Waals surface area contributed by atoms with Crippen LogP contribution in [0, 0.1) is 11.8 Å². The molecule has 1 amide bonds. The summed E-state index contributed by atoms with van der Waals surface area (Å²) in [6.45, 7) is 8.31. The van der Waals surface area contributed by atoms with Crippen molar-refractivity contribution in [1.29, 1.82) is 0 Å². The molecule has 1 fully saturated rings. The average Bonchev–Trinajstić information content (AvgIpc) is 2.59. The SMILES string of the molecule is COC[C@H](C)C1CCN(C(=O)c2cccc(CCC(C)(C)O)c2)CC1. The molecule has 1 aromatic rings. The first kappa shape index (κ1) is 19.9. The predicted molar refractivity (Wildman–Crippen MR) is 101 cm³/mol. The molecule has 1 aliphatic rings. The van der Waals surface area contributed by atoms with E-state index in [9.17, 15) is 9.90 Å². The van der Waals surface area contributed by atoms with Gasteiger partial charge in [-0.1, -0.05) is 19.1 Å². The Balaban J connectivity index is 1.93. The minimum Gasteiger partial charge on any atom is -0.390 e. The monoisotopic (exact) mass is 347 g/mol. The third-order valence-corrected chi connectivity index (χ3v) is 5.26. The van der Waals surface area contributed by atoms with Gasteiger partial charge in [-0.05, 0) is 69.1 Å². The first-order chi connectivity index (χ1) is 11.8. The van der Waals surface area contributed by atoms with Crippen molar-refractivity contribution in [1.82, 2.24) is 4.90 Å². The third-order valence-electron chi connectivity index (χ3n) is 5.26. The van der Waals surface area contributed by atoms with E-state index < -0.39 is 5.60 Å². The number of aryl methyl sites for hydroxylation is 1. The van der Waals surface area contributed by atoms with Crippen LogP contribution in [0.4, 0.5) is 0 Å². The smallest absolute Gasteiger partial charge is 0.253 e. The summed E-state index contributed by atoms with van der Waals surface area (Å²) in [6, 6.07) is 7.85. The molecule has 0 unspecified atom stereocenters. The number of amides is 1. The number of likely N-dealkylation sites (tertiary alicyclic amines) is 1. The molecule has 0 aliphatic carbocycles. The highest BCUT2D eigenvalue weighted by Crippen LogP contribution is 2.26. The maximum absolute atomic E-state index is 12.8. The summed E-state index contributed by atoms with van der Waals surface area (Å²) in [7, 11) is 1.75. The van der Waals surface area contributed by atoms with Crippen molar-refractivity contribution in [3.05, 3.63) is 35.4 Å². The van der Waals surface area contributed by atoms with Gasteiger partial charge in [0.25, 0.3) is 5.91 Å². The van der Waals surface area contributed by atoms with Gasteiger partial charge >= 0.3 is 0 Å². The second kappa shape index (κ2) is 8.81. The number of carbonyl (C=O) groups is 1. The van der Waals surface area contributed by atoms with Gasteiger partial charge in [0, 0.05) is 32.4 Å². The van der Waals surface area contributed by atoms with Crippen LogP contribution in [0.1, 0.15) is 56.0 Å². The topological polar surface area (TPSA) is 49.8 Å². The molecule has 1 saturated heterocycles. The molecule has 0 radical (unpaired) electrons. The standard InChI is InChI=1S/C21H33NO3/c1-16(15-25-4)18-9-12-22(13-10-18)20(23)19-7-5-6-17(14-19)8-11-21(2,3)24/h5-7,14,16,18,24H,8-13,15H2,1-4H3/t16-/m0/s1. The first-order valence-corrected chi connectivity index (χ1v) is 9.39. The average molecular weight is 347 g/mol. The van der Waals surface area contributed by atoms with E-state index in [-0.39, 0.29) is 5.91 Å². The molecule has 0 bridgehead atoms. The summed E-state index contributed by atoms with van der Waals surface area (Å²) in [4.78, 5) is 14.8. The van der Waals surface area contributed by atoms with Gasteiger partial charge in [-0.15, -0.1) is 0 Å². The molecule has 0 aromatic heterocycles. The predicted octanol–water partition coefficient (Wildman–Crippen LogP) is 3.52. The minimum atomic E-state index is -0.680. The number of methoxy groups -OCH3 is 1. The fourth-order valence-corrected chi connectivity index (χ4v) is 3.56. The summed E-state index contributed by atoms with van der Waals surface area (Å²) < 4.78 is 5.26. The number of nitrogens with zero attached hydrogens (tertiary/aromatic N) is 1. The zero-order chi connectivity index (χ0) is 18.4. The minimum absolute atomic E-state index is 0.128. The number of carbonyl (C=O) groups excluding carboxylic acids is 1. The van der Waals surface area contributed by atoms with Crippen LogP contribution in [-0.2, 0) is 11.2 Å². The van der Waals surface area contributed by atoms with Gasteiger partial charge < -0.3 is 14.7 Å². The Labute approximate surface area is 152 Å². The molecular formula is C21H33NO3. The molecule has 25 heavy (non-hydrogen) atoms. The van der Waals surface area contributed by atoms with Crippen LogP contribution in [0.15, 0.2) is 24.3 Å². The highest BCUT2D eigenvalue weighted by atomic mass is 16.5. The van der Waals surface area contributed by atoms with Crippen molar-refractivity contribution in [2.24, 2.45) is 11.8 Å². The molecular weight excluding hydrogens is 314 g/mol. The van der Waals surface area contributed by atoms with Crippen LogP contribution in [0.2, 0.25) is 0 Å². The van der Waals surface area contributed by atoms with Gasteiger partial charge in [0.2, 0.25) is 0 Å². The van der Waals surface area contributed by atoms with Gasteiger partial charge in [-0.25, -0.2) is 0 Å². The van der Waals surface area contributed by atoms with Crippen LogP contribution >= 0.6 is 0 Å². The van der Waals surface area contributed by atoms with E-state index in [4.69, 9.17) is 4.74 Å². The second-order valence-corrected chi connectivity index (χ2v) is 8.08. The lowest BCUT2D eigenvalue weighted by Crippen LogP contribution is -2.40. The van der Waals surface area contributed by atoms with E-state index in [1.165, 1.54) is 0 Å². The zero-order valence-corrected chi connectivity index (χ0v) is 16.1. The van der Waals surface area contributed by atoms with Crippen molar-refractivity contribution in [3.8, 4) is 0 Å². The molecule has 1 aromatic carbocycles. The number of piperidine rings is 1. The van der Waals surface area contributed by atoms with Crippen LogP contribution < -0.4 is 0 Å². The number of ether oxygens (including phenoxy) is 1. The molecule has 140 valence electrons. The number of hydrogen-bond donors (Lipinski definition) is 1. The highest BCUT2D eigenvalue weighted by Gasteiger charge is 2.27.